The number of para-hydroxylation sites is 2. The third kappa shape index (κ3) is 2.08. The van der Waals surface area contributed by atoms with Crippen molar-refractivity contribution >= 4 is 16.8 Å². The third-order valence-corrected chi connectivity index (χ3v) is 2.52. The number of hydrogen-bond acceptors (Lipinski definition) is 4. The molecule has 1 aromatic heterocycles. The van der Waals surface area contributed by atoms with E-state index in [0.29, 0.717) is 11.1 Å². The second-order valence-electron chi connectivity index (χ2n) is 3.85. The topological polar surface area (TPSA) is 61.3 Å². The van der Waals surface area contributed by atoms with Crippen molar-refractivity contribution < 1.29 is 17.9 Å². The van der Waals surface area contributed by atoms with Crippen molar-refractivity contribution in [2.75, 3.05) is 5.73 Å². The van der Waals surface area contributed by atoms with Crippen molar-refractivity contribution in [2.24, 2.45) is 0 Å². The zero-order valence-corrected chi connectivity index (χ0v) is 9.56. The molecule has 1 heterocycles. The second-order valence-corrected chi connectivity index (χ2v) is 3.85. The average molecular weight is 262 g/mol. The Bertz CT molecular complexity index is 722. The number of ether oxygens (including phenoxy) is 1. The number of anilines is 1. The fraction of sp³-hybridized carbons (Fsp3) is 0. The van der Waals surface area contributed by atoms with Crippen molar-refractivity contribution in [3.63, 3.8) is 0 Å². The summed E-state index contributed by atoms with van der Waals surface area (Å²) in [6, 6.07) is 8.63. The van der Waals surface area contributed by atoms with Crippen molar-refractivity contribution in [2.45, 2.75) is 0 Å². The normalized spacial score (nSPS) is 10.8. The van der Waals surface area contributed by atoms with E-state index < -0.39 is 11.6 Å². The van der Waals surface area contributed by atoms with Crippen LogP contribution in [0.1, 0.15) is 0 Å². The zero-order chi connectivity index (χ0) is 13.4. The maximum atomic E-state index is 13.5. The van der Waals surface area contributed by atoms with Gasteiger partial charge in [0.15, 0.2) is 17.1 Å². The smallest absolute Gasteiger partial charge is 0.400 e. The lowest BCUT2D eigenvalue weighted by Crippen LogP contribution is -1.95. The molecular weight excluding hydrogens is 254 g/mol. The van der Waals surface area contributed by atoms with Gasteiger partial charge in [-0.05, 0) is 12.1 Å². The second kappa shape index (κ2) is 4.24. The van der Waals surface area contributed by atoms with Crippen molar-refractivity contribution in [3.05, 3.63) is 48.0 Å². The zero-order valence-electron chi connectivity index (χ0n) is 9.56. The molecule has 0 saturated heterocycles. The molecule has 0 fully saturated rings. The molecule has 0 atom stereocenters. The van der Waals surface area contributed by atoms with Crippen LogP contribution in [-0.4, -0.2) is 4.98 Å². The summed E-state index contributed by atoms with van der Waals surface area (Å²) in [6.45, 7) is 0. The van der Waals surface area contributed by atoms with Gasteiger partial charge in [-0.25, -0.2) is 8.78 Å². The first-order valence-corrected chi connectivity index (χ1v) is 5.41. The highest BCUT2D eigenvalue weighted by Crippen LogP contribution is 2.29. The van der Waals surface area contributed by atoms with Gasteiger partial charge >= 0.3 is 6.08 Å². The molecule has 0 aliphatic carbocycles. The molecule has 2 N–H and O–H groups in total. The van der Waals surface area contributed by atoms with Gasteiger partial charge in [0, 0.05) is 12.1 Å². The Morgan fingerprint density at radius 1 is 1.11 bits per heavy atom. The summed E-state index contributed by atoms with van der Waals surface area (Å²) in [4.78, 5) is 3.99. The Hall–Kier alpha value is -2.63. The Morgan fingerprint density at radius 3 is 2.68 bits per heavy atom. The van der Waals surface area contributed by atoms with Crippen LogP contribution < -0.4 is 10.5 Å². The van der Waals surface area contributed by atoms with E-state index in [-0.39, 0.29) is 17.5 Å². The lowest BCUT2D eigenvalue weighted by molar-refractivity contribution is 0.327. The highest BCUT2D eigenvalue weighted by atomic mass is 19.1. The molecule has 3 aromatic rings. The maximum absolute atomic E-state index is 13.5. The number of fused-ring (bicyclic) bond motifs is 1. The first-order chi connectivity index (χ1) is 9.13. The number of nitrogen functional groups attached to an aromatic ring is 1. The van der Waals surface area contributed by atoms with Gasteiger partial charge in [-0.15, -0.1) is 0 Å². The van der Waals surface area contributed by atoms with Gasteiger partial charge in [0.25, 0.3) is 0 Å². The van der Waals surface area contributed by atoms with Gasteiger partial charge in [-0.2, -0.15) is 4.98 Å². The molecule has 0 bridgehead atoms. The van der Waals surface area contributed by atoms with E-state index >= 15 is 0 Å². The van der Waals surface area contributed by atoms with Crippen molar-refractivity contribution in [3.8, 4) is 11.8 Å². The third-order valence-electron chi connectivity index (χ3n) is 2.52. The lowest BCUT2D eigenvalue weighted by atomic mass is 10.3. The van der Waals surface area contributed by atoms with Crippen LogP contribution in [0, 0.1) is 11.6 Å². The van der Waals surface area contributed by atoms with Gasteiger partial charge in [0.2, 0.25) is 0 Å². The van der Waals surface area contributed by atoms with Gasteiger partial charge in [0.05, 0.1) is 5.69 Å². The molecule has 0 amide bonds. The number of halogens is 2. The number of aromatic nitrogens is 1. The Balaban J connectivity index is 1.98. The molecule has 0 radical (unpaired) electrons. The highest BCUT2D eigenvalue weighted by molar-refractivity contribution is 5.72. The standard InChI is InChI=1S/C13H8F2N2O2/c14-7-6-12(8(15)5-9(7)16)19-13-17-10-3-1-2-4-11(10)18-13/h1-6H,16H2. The minimum atomic E-state index is -0.791. The fourth-order valence-corrected chi connectivity index (χ4v) is 1.61. The molecule has 0 spiro atoms. The lowest BCUT2D eigenvalue weighted by Gasteiger charge is -2.03. The van der Waals surface area contributed by atoms with Gasteiger partial charge in [-0.1, -0.05) is 12.1 Å². The van der Waals surface area contributed by atoms with Crippen LogP contribution in [0.2, 0.25) is 0 Å². The number of benzene rings is 2. The van der Waals surface area contributed by atoms with E-state index in [9.17, 15) is 8.78 Å². The van der Waals surface area contributed by atoms with Crippen molar-refractivity contribution in [1.82, 2.24) is 4.98 Å². The first-order valence-electron chi connectivity index (χ1n) is 5.41. The molecule has 4 nitrogen and oxygen atoms in total. The molecule has 0 saturated carbocycles. The number of nitrogens with two attached hydrogens (primary N) is 1. The van der Waals surface area contributed by atoms with Gasteiger partial charge < -0.3 is 14.9 Å². The summed E-state index contributed by atoms with van der Waals surface area (Å²) < 4.78 is 37.1. The molecule has 2 aromatic carbocycles. The van der Waals surface area contributed by atoms with Crippen LogP contribution in [0.4, 0.5) is 14.5 Å². The average Bonchev–Trinajstić information content (AvgIpc) is 2.78. The first kappa shape index (κ1) is 11.5. The SMILES string of the molecule is Nc1cc(F)c(Oc2nc3ccccc3o2)cc1F. The molecule has 6 heteroatoms. The molecule has 3 rings (SSSR count). The molecule has 0 aliphatic rings. The number of oxazole rings is 1. The van der Waals surface area contributed by atoms with E-state index in [0.717, 1.165) is 12.1 Å². The highest BCUT2D eigenvalue weighted by Gasteiger charge is 2.13. The molecule has 0 aliphatic heterocycles. The van der Waals surface area contributed by atoms with Crippen LogP contribution >= 0.6 is 0 Å². The van der Waals surface area contributed by atoms with E-state index in [1.54, 1.807) is 24.3 Å². The van der Waals surface area contributed by atoms with Crippen LogP contribution in [0.15, 0.2) is 40.8 Å². The largest absolute Gasteiger partial charge is 0.409 e. The van der Waals surface area contributed by atoms with Gasteiger partial charge in [-0.3, -0.25) is 0 Å². The number of nitrogens with zero attached hydrogens (tertiary/aromatic N) is 1. The molecule has 19 heavy (non-hydrogen) atoms. The van der Waals surface area contributed by atoms with E-state index in [1.807, 2.05) is 0 Å². The minimum Gasteiger partial charge on any atom is -0.409 e. The van der Waals surface area contributed by atoms with Crippen LogP contribution in [0.25, 0.3) is 11.1 Å². The fourth-order valence-electron chi connectivity index (χ4n) is 1.61. The van der Waals surface area contributed by atoms with E-state index in [4.69, 9.17) is 14.9 Å². The predicted molar refractivity (Wildman–Crippen MR) is 64.9 cm³/mol. The Kier molecular flexibility index (Phi) is 2.56. The van der Waals surface area contributed by atoms with Gasteiger partial charge in [0.1, 0.15) is 11.3 Å². The number of hydrogen-bond donors (Lipinski definition) is 1. The van der Waals surface area contributed by atoms with Crippen molar-refractivity contribution in [1.29, 1.82) is 0 Å². The van der Waals surface area contributed by atoms with Crippen LogP contribution in [0.5, 0.6) is 11.8 Å². The minimum absolute atomic E-state index is 0.163. The summed E-state index contributed by atoms with van der Waals surface area (Å²) >= 11 is 0. The van der Waals surface area contributed by atoms with Crippen LogP contribution in [0.3, 0.4) is 0 Å². The van der Waals surface area contributed by atoms with Crippen LogP contribution in [-0.2, 0) is 0 Å². The summed E-state index contributed by atoms with van der Waals surface area (Å²) in [5, 5.41) is 0. The quantitative estimate of drug-likeness (QED) is 0.718. The van der Waals surface area contributed by atoms with E-state index in [1.165, 1.54) is 0 Å². The summed E-state index contributed by atoms with van der Waals surface area (Å²) in [6.07, 6.45) is -0.163. The summed E-state index contributed by atoms with van der Waals surface area (Å²) in [5.41, 5.74) is 6.00. The molecular formula is C13H8F2N2O2. The monoisotopic (exact) mass is 262 g/mol. The number of rotatable bonds is 2. The predicted octanol–water partition coefficient (Wildman–Crippen LogP) is 3.48. The molecule has 0 unspecified atom stereocenters. The summed E-state index contributed by atoms with van der Waals surface area (Å²) in [5.74, 6) is -1.90. The molecule has 96 valence electrons. The Morgan fingerprint density at radius 2 is 1.89 bits per heavy atom. The van der Waals surface area contributed by atoms with E-state index in [2.05, 4.69) is 4.98 Å². The summed E-state index contributed by atoms with van der Waals surface area (Å²) in [7, 11) is 0. The maximum Gasteiger partial charge on any atom is 0.400 e. The Labute approximate surface area is 106 Å².